The van der Waals surface area contributed by atoms with Gasteiger partial charge in [-0.3, -0.25) is 38.7 Å². The summed E-state index contributed by atoms with van der Waals surface area (Å²) in [5.74, 6) is -3.41. The predicted molar refractivity (Wildman–Crippen MR) is 237 cm³/mol. The average Bonchev–Trinajstić information content (AvgIpc) is 3.29. The van der Waals surface area contributed by atoms with Crippen LogP contribution in [0.1, 0.15) is 27.8 Å². The fraction of sp³-hybridized carbons (Fsp3) is 0.286. The Morgan fingerprint density at radius 3 is 0.905 bits per heavy atom. The molecule has 0 fully saturated rings. The van der Waals surface area contributed by atoms with Gasteiger partial charge in [0.2, 0.25) is 0 Å². The molecule has 5 aromatic rings. The molecule has 0 aromatic heterocycles. The van der Waals surface area contributed by atoms with E-state index in [9.17, 15) is 29.1 Å². The van der Waals surface area contributed by atoms with E-state index in [1.165, 1.54) is 0 Å². The summed E-state index contributed by atoms with van der Waals surface area (Å²) in [7, 11) is 0. The van der Waals surface area contributed by atoms with E-state index in [4.69, 9.17) is 18.9 Å². The molecular formula is C49H53InN3O10+3. The van der Waals surface area contributed by atoms with E-state index in [1.54, 1.807) is 14.7 Å². The van der Waals surface area contributed by atoms with Crippen LogP contribution in [0.25, 0.3) is 0 Å². The second-order valence-electron chi connectivity index (χ2n) is 14.6. The van der Waals surface area contributed by atoms with Gasteiger partial charge in [-0.2, -0.15) is 0 Å². The molecule has 324 valence electrons. The number of carboxylic acid groups (broad SMARTS) is 1. The molecule has 1 N–H and O–H groups in total. The summed E-state index contributed by atoms with van der Waals surface area (Å²) in [5.41, 5.74) is 3.96. The van der Waals surface area contributed by atoms with Gasteiger partial charge in [0, 0.05) is 26.2 Å². The number of carboxylic acids is 1. The van der Waals surface area contributed by atoms with Crippen molar-refractivity contribution in [2.45, 2.75) is 38.9 Å². The van der Waals surface area contributed by atoms with Gasteiger partial charge in [-0.25, -0.2) is 0 Å². The van der Waals surface area contributed by atoms with Gasteiger partial charge in [0.05, 0.1) is 26.2 Å². The zero-order valence-corrected chi connectivity index (χ0v) is 38.5. The van der Waals surface area contributed by atoms with E-state index in [1.807, 2.05) is 152 Å². The minimum atomic E-state index is -1.10. The van der Waals surface area contributed by atoms with E-state index in [2.05, 4.69) is 0 Å². The molecular weight excluding hydrogens is 901 g/mol. The van der Waals surface area contributed by atoms with Gasteiger partial charge in [-0.15, -0.1) is 0 Å². The van der Waals surface area contributed by atoms with Crippen LogP contribution in [0.15, 0.2) is 152 Å². The number of aliphatic carboxylic acids is 1. The smallest absolute Gasteiger partial charge is 0.480 e. The third-order valence-electron chi connectivity index (χ3n) is 9.79. The van der Waals surface area contributed by atoms with Gasteiger partial charge in [-0.05, 0) is 34.2 Å². The van der Waals surface area contributed by atoms with E-state index >= 15 is 0 Å². The first-order valence-electron chi connectivity index (χ1n) is 20.4. The van der Waals surface area contributed by atoms with E-state index in [0.29, 0.717) is 0 Å². The molecule has 0 radical (unpaired) electrons. The fourth-order valence-electron chi connectivity index (χ4n) is 6.47. The predicted octanol–water partition coefficient (Wildman–Crippen LogP) is 5.18. The van der Waals surface area contributed by atoms with Gasteiger partial charge in [-0.1, -0.05) is 152 Å². The van der Waals surface area contributed by atoms with Crippen LogP contribution in [0, 0.1) is 0 Å². The first kappa shape index (κ1) is 49.9. The van der Waals surface area contributed by atoms with Crippen LogP contribution in [0.3, 0.4) is 0 Å². The molecule has 0 unspecified atom stereocenters. The van der Waals surface area contributed by atoms with Crippen LogP contribution in [-0.4, -0.2) is 134 Å². The number of hydrogen-bond acceptors (Lipinski definition) is 12. The summed E-state index contributed by atoms with van der Waals surface area (Å²) in [5, 5.41) is 10.7. The van der Waals surface area contributed by atoms with E-state index in [-0.39, 0.29) is 111 Å². The minimum Gasteiger partial charge on any atom is -0.480 e. The molecule has 5 aromatic carbocycles. The van der Waals surface area contributed by atoms with Crippen molar-refractivity contribution in [3.05, 3.63) is 179 Å². The molecule has 0 spiro atoms. The van der Waals surface area contributed by atoms with Crippen LogP contribution in [0.4, 0.5) is 0 Å². The quantitative estimate of drug-likeness (QED) is 0.0573. The maximum Gasteiger partial charge on any atom is 3.00 e. The minimum absolute atomic E-state index is 0. The molecule has 5 rings (SSSR count). The van der Waals surface area contributed by atoms with Gasteiger partial charge in [0.25, 0.3) is 0 Å². The fourth-order valence-corrected chi connectivity index (χ4v) is 6.47. The van der Waals surface area contributed by atoms with Crippen molar-refractivity contribution in [1.82, 2.24) is 14.7 Å². The number of ether oxygens (including phenoxy) is 4. The van der Waals surface area contributed by atoms with Crippen molar-refractivity contribution < 1.29 is 48.0 Å². The third-order valence-corrected chi connectivity index (χ3v) is 9.79. The number of rotatable bonds is 26. The monoisotopic (exact) mass is 954 g/mol. The molecule has 13 nitrogen and oxygen atoms in total. The topological polar surface area (TPSA) is 152 Å². The van der Waals surface area contributed by atoms with Gasteiger partial charge < -0.3 is 24.1 Å². The second kappa shape index (κ2) is 28.0. The van der Waals surface area contributed by atoms with E-state index in [0.717, 1.165) is 27.8 Å². The molecule has 0 aliphatic heterocycles. The zero-order chi connectivity index (χ0) is 43.8. The summed E-state index contributed by atoms with van der Waals surface area (Å²) >= 11 is 0. The maximum atomic E-state index is 13.2. The average molecular weight is 955 g/mol. The maximum absolute atomic E-state index is 13.2. The molecule has 0 amide bonds. The molecule has 0 aliphatic rings. The Labute approximate surface area is 387 Å². The number of hydrogen-bond donors (Lipinski definition) is 1. The van der Waals surface area contributed by atoms with Crippen molar-refractivity contribution in [3.63, 3.8) is 0 Å². The van der Waals surface area contributed by atoms with Gasteiger partial charge in [0.1, 0.15) is 32.5 Å². The van der Waals surface area contributed by atoms with Crippen LogP contribution in [0.5, 0.6) is 0 Å². The summed E-state index contributed by atoms with van der Waals surface area (Å²) in [4.78, 5) is 70.7. The Balaban J connectivity index is 0.00000871. The zero-order valence-electron chi connectivity index (χ0n) is 35.2. The Kier molecular flexibility index (Phi) is 22.2. The van der Waals surface area contributed by atoms with Crippen LogP contribution in [-0.2, 0) is 75.8 Å². The third kappa shape index (κ3) is 19.4. The summed E-state index contributed by atoms with van der Waals surface area (Å²) in [6.45, 7) is -0.667. The molecule has 0 aliphatic carbocycles. The van der Waals surface area contributed by atoms with Gasteiger partial charge >= 0.3 is 55.7 Å². The molecule has 0 bridgehead atoms. The summed E-state index contributed by atoms with van der Waals surface area (Å²) < 4.78 is 22.2. The molecule has 0 heterocycles. The number of benzene rings is 5. The molecule has 0 saturated heterocycles. The number of carbonyl (C=O) groups excluding carboxylic acids is 4. The largest absolute Gasteiger partial charge is 3.00 e. The standard InChI is InChI=1S/C49H53N3O10.In/c53-45(59-35-40-18-8-2-9-19-40)31-50(32-46(54)60-36-41-20-10-3-11-21-41)26-28-52(44(49(57)58)30-39-16-6-1-7-17-39)29-27-51(33-47(55)61-37-42-22-12-4-13-23-42)34-48(56)62-38-43-24-14-5-15-25-43;/h1-25,44H,26-38H2,(H,57,58);/q;+3/t44-;/m0./s1/i;1-4. The number of nitrogens with zero attached hydrogens (tertiary/aromatic N) is 3. The number of esters is 4. The van der Waals surface area contributed by atoms with Crippen molar-refractivity contribution >= 4 is 55.7 Å². The molecule has 63 heavy (non-hydrogen) atoms. The summed E-state index contributed by atoms with van der Waals surface area (Å²) in [6.07, 6.45) is 0.132. The Bertz CT molecular complexity index is 1880. The number of carbonyl (C=O) groups is 5. The van der Waals surface area contributed by atoms with E-state index < -0.39 is 35.9 Å². The van der Waals surface area contributed by atoms with Crippen molar-refractivity contribution in [2.75, 3.05) is 52.4 Å². The van der Waals surface area contributed by atoms with Crippen LogP contribution in [0.2, 0.25) is 0 Å². The SMILES string of the molecule is O=C(CN(CCN(CCN(CC(=O)OCc1ccccc1)CC(=O)OCc1ccccc1)[C@@H](Cc1ccccc1)C(=O)O)CC(=O)OCc1ccccc1)OCc1ccccc1.[111In+3]. The Morgan fingerprint density at radius 1 is 0.397 bits per heavy atom. The first-order valence-corrected chi connectivity index (χ1v) is 20.4. The Hall–Kier alpha value is -5.80. The van der Waals surface area contributed by atoms with Crippen LogP contribution >= 0.6 is 0 Å². The van der Waals surface area contributed by atoms with Crippen molar-refractivity contribution in [3.8, 4) is 0 Å². The summed E-state index contributed by atoms with van der Waals surface area (Å²) in [6, 6.07) is 44.9. The van der Waals surface area contributed by atoms with Gasteiger partial charge in [0.15, 0.2) is 0 Å². The molecule has 14 heteroatoms. The first-order chi connectivity index (χ1) is 30.2. The molecule has 1 atom stereocenters. The normalized spacial score (nSPS) is 11.3. The Morgan fingerprint density at radius 2 is 0.651 bits per heavy atom. The van der Waals surface area contributed by atoms with Crippen LogP contribution < -0.4 is 0 Å². The van der Waals surface area contributed by atoms with Crippen molar-refractivity contribution in [2.24, 2.45) is 0 Å². The van der Waals surface area contributed by atoms with Crippen molar-refractivity contribution in [1.29, 1.82) is 0 Å². The second-order valence-corrected chi connectivity index (χ2v) is 14.6. The molecule has 0 saturated carbocycles.